The topological polar surface area (TPSA) is 46.5 Å². The van der Waals surface area contributed by atoms with Crippen LogP contribution in [0.25, 0.3) is 0 Å². The summed E-state index contributed by atoms with van der Waals surface area (Å²) in [5.74, 6) is 0.216. The van der Waals surface area contributed by atoms with E-state index in [1.807, 2.05) is 19.1 Å². The van der Waals surface area contributed by atoms with E-state index in [4.69, 9.17) is 4.74 Å². The molecule has 3 rings (SSSR count). The molecule has 0 unspecified atom stereocenters. The van der Waals surface area contributed by atoms with Crippen molar-refractivity contribution in [3.05, 3.63) is 29.3 Å². The highest BCUT2D eigenvalue weighted by molar-refractivity contribution is 5.80. The monoisotopic (exact) mass is 232 g/mol. The van der Waals surface area contributed by atoms with Gasteiger partial charge in [-0.25, -0.2) is 0 Å². The van der Waals surface area contributed by atoms with E-state index in [2.05, 4.69) is 0 Å². The average Bonchev–Trinajstić information content (AvgIpc) is 2.93. The summed E-state index contributed by atoms with van der Waals surface area (Å²) in [4.78, 5) is 11.8. The van der Waals surface area contributed by atoms with Crippen LogP contribution in [-0.2, 0) is 21.4 Å². The number of hydrogen-bond donors (Lipinski definition) is 1. The molecule has 0 amide bonds. The molecule has 2 aliphatic carbocycles. The van der Waals surface area contributed by atoms with Crippen molar-refractivity contribution in [3.63, 3.8) is 0 Å². The molecule has 17 heavy (non-hydrogen) atoms. The lowest BCUT2D eigenvalue weighted by Gasteiger charge is -2.11. The second-order valence-corrected chi connectivity index (χ2v) is 5.01. The van der Waals surface area contributed by atoms with Crippen LogP contribution in [0.4, 0.5) is 0 Å². The zero-order valence-corrected chi connectivity index (χ0v) is 9.90. The average molecular weight is 232 g/mol. The third-order valence-corrected chi connectivity index (χ3v) is 4.12. The number of phenolic OH excluding ortho intramolecular Hbond substituents is 1. The fourth-order valence-electron chi connectivity index (χ4n) is 3.17. The maximum absolute atomic E-state index is 11.8. The van der Waals surface area contributed by atoms with Crippen LogP contribution in [0.15, 0.2) is 18.2 Å². The Balaban J connectivity index is 1.90. The number of benzene rings is 1. The van der Waals surface area contributed by atoms with E-state index in [9.17, 15) is 9.90 Å². The first kappa shape index (κ1) is 10.6. The van der Waals surface area contributed by atoms with Gasteiger partial charge in [0.25, 0.3) is 0 Å². The molecule has 1 saturated carbocycles. The number of aromatic hydroxyl groups is 1. The Bertz CT molecular complexity index is 480. The summed E-state index contributed by atoms with van der Waals surface area (Å²) in [5.41, 5.74) is 2.41. The summed E-state index contributed by atoms with van der Waals surface area (Å²) in [5, 5.41) is 9.57. The Kier molecular flexibility index (Phi) is 2.18. The molecular formula is C14H16O3. The summed E-state index contributed by atoms with van der Waals surface area (Å²) in [6.45, 7) is 2.28. The molecule has 1 aromatic rings. The van der Waals surface area contributed by atoms with Crippen molar-refractivity contribution in [3.8, 4) is 5.75 Å². The van der Waals surface area contributed by atoms with Crippen LogP contribution in [-0.4, -0.2) is 17.7 Å². The van der Waals surface area contributed by atoms with Gasteiger partial charge in [-0.2, -0.15) is 0 Å². The maximum Gasteiger partial charge on any atom is 0.309 e. The maximum atomic E-state index is 11.8. The van der Waals surface area contributed by atoms with E-state index in [1.165, 1.54) is 5.56 Å². The summed E-state index contributed by atoms with van der Waals surface area (Å²) < 4.78 is 5.10. The molecular weight excluding hydrogens is 216 g/mol. The first-order valence-corrected chi connectivity index (χ1v) is 6.16. The normalized spacial score (nSPS) is 29.1. The van der Waals surface area contributed by atoms with Gasteiger partial charge in [-0.3, -0.25) is 4.79 Å². The highest BCUT2D eigenvalue weighted by Crippen LogP contribution is 2.62. The molecule has 2 atom stereocenters. The van der Waals surface area contributed by atoms with Gasteiger partial charge in [0, 0.05) is 5.41 Å². The van der Waals surface area contributed by atoms with E-state index < -0.39 is 0 Å². The van der Waals surface area contributed by atoms with Crippen molar-refractivity contribution in [2.75, 3.05) is 6.61 Å². The molecule has 0 saturated heterocycles. The highest BCUT2D eigenvalue weighted by Gasteiger charge is 2.62. The Morgan fingerprint density at radius 2 is 2.41 bits per heavy atom. The zero-order chi connectivity index (χ0) is 12.0. The largest absolute Gasteiger partial charge is 0.508 e. The third-order valence-electron chi connectivity index (χ3n) is 4.12. The Labute approximate surface area is 100 Å². The molecule has 0 heterocycles. The summed E-state index contributed by atoms with van der Waals surface area (Å²) in [7, 11) is 0. The summed E-state index contributed by atoms with van der Waals surface area (Å²) in [6.07, 6.45) is 2.89. The first-order valence-electron chi connectivity index (χ1n) is 6.16. The molecule has 3 heteroatoms. The van der Waals surface area contributed by atoms with Gasteiger partial charge in [-0.05, 0) is 49.4 Å². The molecule has 0 aliphatic heterocycles. The molecule has 1 fully saturated rings. The van der Waals surface area contributed by atoms with Crippen molar-refractivity contribution >= 4 is 5.97 Å². The van der Waals surface area contributed by atoms with Gasteiger partial charge in [-0.15, -0.1) is 0 Å². The lowest BCUT2D eigenvalue weighted by Crippen LogP contribution is -2.15. The number of rotatable bonds is 2. The van der Waals surface area contributed by atoms with E-state index in [1.54, 1.807) is 6.07 Å². The molecule has 2 aliphatic rings. The number of ether oxygens (including phenoxy) is 1. The summed E-state index contributed by atoms with van der Waals surface area (Å²) in [6, 6.07) is 5.51. The third kappa shape index (κ3) is 1.45. The molecule has 1 aromatic carbocycles. The minimum absolute atomic E-state index is 0.00509. The van der Waals surface area contributed by atoms with Gasteiger partial charge in [-0.1, -0.05) is 6.07 Å². The van der Waals surface area contributed by atoms with E-state index in [0.29, 0.717) is 12.4 Å². The lowest BCUT2D eigenvalue weighted by molar-refractivity contribution is -0.145. The fraction of sp³-hybridized carbons (Fsp3) is 0.500. The quantitative estimate of drug-likeness (QED) is 0.795. The van der Waals surface area contributed by atoms with Crippen molar-refractivity contribution in [2.45, 2.75) is 31.6 Å². The van der Waals surface area contributed by atoms with Crippen LogP contribution in [0.1, 0.15) is 30.9 Å². The Morgan fingerprint density at radius 1 is 1.59 bits per heavy atom. The van der Waals surface area contributed by atoms with Crippen LogP contribution in [0.5, 0.6) is 5.75 Å². The fourth-order valence-corrected chi connectivity index (χ4v) is 3.17. The number of hydrogen-bond acceptors (Lipinski definition) is 3. The second kappa shape index (κ2) is 3.49. The predicted octanol–water partition coefficient (Wildman–Crippen LogP) is 2.16. The number of carbonyl (C=O) groups excluding carboxylic acids is 1. The van der Waals surface area contributed by atoms with Gasteiger partial charge in [0.05, 0.1) is 12.5 Å². The number of aryl methyl sites for hydroxylation is 1. The Morgan fingerprint density at radius 3 is 3.18 bits per heavy atom. The minimum Gasteiger partial charge on any atom is -0.508 e. The van der Waals surface area contributed by atoms with Crippen LogP contribution >= 0.6 is 0 Å². The Hall–Kier alpha value is -1.51. The van der Waals surface area contributed by atoms with Crippen molar-refractivity contribution < 1.29 is 14.6 Å². The smallest absolute Gasteiger partial charge is 0.309 e. The lowest BCUT2D eigenvalue weighted by atomic mass is 9.95. The van der Waals surface area contributed by atoms with Crippen molar-refractivity contribution in [2.24, 2.45) is 5.92 Å². The van der Waals surface area contributed by atoms with Gasteiger partial charge >= 0.3 is 5.97 Å². The highest BCUT2D eigenvalue weighted by atomic mass is 16.5. The van der Waals surface area contributed by atoms with Crippen molar-refractivity contribution in [1.82, 2.24) is 0 Å². The van der Waals surface area contributed by atoms with Crippen LogP contribution < -0.4 is 0 Å². The number of esters is 1. The zero-order valence-electron chi connectivity index (χ0n) is 9.90. The first-order chi connectivity index (χ1) is 8.17. The van der Waals surface area contributed by atoms with Gasteiger partial charge in [0.1, 0.15) is 5.75 Å². The molecule has 0 bridgehead atoms. The summed E-state index contributed by atoms with van der Waals surface area (Å²) >= 11 is 0. The van der Waals surface area contributed by atoms with E-state index >= 15 is 0 Å². The standard InChI is InChI=1S/C14H16O3/c1-2-17-13(16)12-8-14(12)6-5-9-3-4-10(15)7-11(9)14/h3-4,7,12,15H,2,5-6,8H2,1H3/t12-,14+/m0/s1. The molecule has 3 nitrogen and oxygen atoms in total. The second-order valence-electron chi connectivity index (χ2n) is 5.01. The van der Waals surface area contributed by atoms with Gasteiger partial charge in [0.2, 0.25) is 0 Å². The predicted molar refractivity (Wildman–Crippen MR) is 62.8 cm³/mol. The van der Waals surface area contributed by atoms with E-state index in [-0.39, 0.29) is 17.3 Å². The SMILES string of the molecule is CCOC(=O)[C@@H]1C[C@@]12CCc1ccc(O)cc12. The molecule has 0 radical (unpaired) electrons. The molecule has 1 N–H and O–H groups in total. The van der Waals surface area contributed by atoms with Gasteiger partial charge < -0.3 is 9.84 Å². The molecule has 90 valence electrons. The number of phenols is 1. The number of fused-ring (bicyclic) bond motifs is 2. The molecule has 1 spiro atoms. The minimum atomic E-state index is -0.0799. The van der Waals surface area contributed by atoms with E-state index in [0.717, 1.165) is 24.8 Å². The van der Waals surface area contributed by atoms with Crippen molar-refractivity contribution in [1.29, 1.82) is 0 Å². The number of carbonyl (C=O) groups is 1. The van der Waals surface area contributed by atoms with Crippen LogP contribution in [0, 0.1) is 5.92 Å². The molecule has 0 aromatic heterocycles. The van der Waals surface area contributed by atoms with Gasteiger partial charge in [0.15, 0.2) is 0 Å². The van der Waals surface area contributed by atoms with Crippen LogP contribution in [0.2, 0.25) is 0 Å². The van der Waals surface area contributed by atoms with Crippen LogP contribution in [0.3, 0.4) is 0 Å².